The highest BCUT2D eigenvalue weighted by molar-refractivity contribution is 6.06. The summed E-state index contributed by atoms with van der Waals surface area (Å²) in [5.74, 6) is 0.463. The Balaban J connectivity index is 2.31. The zero-order valence-electron chi connectivity index (χ0n) is 11.7. The molecule has 0 saturated carbocycles. The first-order chi connectivity index (χ1) is 9.04. The molecule has 19 heavy (non-hydrogen) atoms. The third-order valence-electron chi connectivity index (χ3n) is 3.33. The predicted molar refractivity (Wildman–Crippen MR) is 74.5 cm³/mol. The van der Waals surface area contributed by atoms with Crippen molar-refractivity contribution in [2.24, 2.45) is 0 Å². The highest BCUT2D eigenvalue weighted by Crippen LogP contribution is 2.21. The Morgan fingerprint density at radius 3 is 2.74 bits per heavy atom. The summed E-state index contributed by atoms with van der Waals surface area (Å²) in [7, 11) is 0. The number of amides is 1. The molecular formula is C15H18N2O2. The Morgan fingerprint density at radius 1 is 1.32 bits per heavy atom. The maximum Gasteiger partial charge on any atom is 0.261 e. The monoisotopic (exact) mass is 258 g/mol. The number of carbonyl (C=O) groups is 1. The molecule has 1 amide bonds. The van der Waals surface area contributed by atoms with E-state index in [2.05, 4.69) is 10.5 Å². The van der Waals surface area contributed by atoms with Crippen LogP contribution in [0.25, 0.3) is 0 Å². The van der Waals surface area contributed by atoms with Crippen molar-refractivity contribution in [3.8, 4) is 0 Å². The summed E-state index contributed by atoms with van der Waals surface area (Å²) in [4.78, 5) is 12.3. The van der Waals surface area contributed by atoms with E-state index in [1.165, 1.54) is 0 Å². The van der Waals surface area contributed by atoms with Crippen LogP contribution in [0.5, 0.6) is 0 Å². The van der Waals surface area contributed by atoms with Crippen LogP contribution in [-0.2, 0) is 6.42 Å². The van der Waals surface area contributed by atoms with Gasteiger partial charge in [0.25, 0.3) is 5.91 Å². The lowest BCUT2D eigenvalue weighted by molar-refractivity contribution is 0.102. The maximum atomic E-state index is 12.3. The van der Waals surface area contributed by atoms with Crippen molar-refractivity contribution in [2.45, 2.75) is 34.1 Å². The van der Waals surface area contributed by atoms with Gasteiger partial charge in [-0.3, -0.25) is 4.79 Å². The fraction of sp³-hybridized carbons (Fsp3) is 0.333. The highest BCUT2D eigenvalue weighted by atomic mass is 16.5. The third-order valence-corrected chi connectivity index (χ3v) is 3.33. The molecule has 2 aromatic rings. The van der Waals surface area contributed by atoms with E-state index < -0.39 is 0 Å². The second-order valence-corrected chi connectivity index (χ2v) is 4.62. The zero-order valence-corrected chi connectivity index (χ0v) is 11.7. The molecule has 0 aliphatic rings. The number of aromatic nitrogens is 1. The molecule has 0 aliphatic heterocycles. The molecule has 100 valence electrons. The van der Waals surface area contributed by atoms with Crippen LogP contribution in [0.15, 0.2) is 22.7 Å². The molecule has 0 bridgehead atoms. The van der Waals surface area contributed by atoms with Crippen LogP contribution < -0.4 is 5.32 Å². The molecule has 1 heterocycles. The standard InChI is InChI=1S/C15H18N2O2/c1-5-13-14(11(4)17-19-13)15(18)16-12-8-6-7-9(2)10(12)3/h6-8H,5H2,1-4H3,(H,16,18). The van der Waals surface area contributed by atoms with E-state index in [-0.39, 0.29) is 5.91 Å². The molecule has 2 rings (SSSR count). The third kappa shape index (κ3) is 2.52. The smallest absolute Gasteiger partial charge is 0.261 e. The molecule has 0 saturated heterocycles. The molecule has 0 unspecified atom stereocenters. The van der Waals surface area contributed by atoms with Gasteiger partial charge in [0.1, 0.15) is 11.3 Å². The molecule has 1 aromatic heterocycles. The molecule has 1 aromatic carbocycles. The van der Waals surface area contributed by atoms with E-state index in [0.717, 1.165) is 16.8 Å². The molecule has 0 aliphatic carbocycles. The summed E-state index contributed by atoms with van der Waals surface area (Å²) >= 11 is 0. The first-order valence-corrected chi connectivity index (χ1v) is 6.37. The first kappa shape index (κ1) is 13.3. The number of anilines is 1. The topological polar surface area (TPSA) is 55.1 Å². The van der Waals surface area contributed by atoms with Gasteiger partial charge in [0.05, 0.1) is 5.69 Å². The average molecular weight is 258 g/mol. The predicted octanol–water partition coefficient (Wildman–Crippen LogP) is 3.41. The van der Waals surface area contributed by atoms with Gasteiger partial charge in [-0.05, 0) is 38.0 Å². The first-order valence-electron chi connectivity index (χ1n) is 6.37. The average Bonchev–Trinajstić information content (AvgIpc) is 2.76. The second-order valence-electron chi connectivity index (χ2n) is 4.62. The maximum absolute atomic E-state index is 12.3. The summed E-state index contributed by atoms with van der Waals surface area (Å²) < 4.78 is 5.15. The Kier molecular flexibility index (Phi) is 3.69. The Morgan fingerprint density at radius 2 is 2.05 bits per heavy atom. The van der Waals surface area contributed by atoms with Crippen LogP contribution in [0.2, 0.25) is 0 Å². The van der Waals surface area contributed by atoms with Crippen LogP contribution in [0, 0.1) is 20.8 Å². The van der Waals surface area contributed by atoms with Crippen molar-refractivity contribution in [2.75, 3.05) is 5.32 Å². The van der Waals surface area contributed by atoms with Crippen molar-refractivity contribution in [3.63, 3.8) is 0 Å². The molecule has 4 heteroatoms. The summed E-state index contributed by atoms with van der Waals surface area (Å²) in [5, 5.41) is 6.78. The van der Waals surface area contributed by atoms with E-state index in [9.17, 15) is 4.79 Å². The summed E-state index contributed by atoms with van der Waals surface area (Å²) in [6, 6.07) is 5.85. The van der Waals surface area contributed by atoms with Crippen molar-refractivity contribution in [1.82, 2.24) is 5.16 Å². The van der Waals surface area contributed by atoms with E-state index in [4.69, 9.17) is 4.52 Å². The van der Waals surface area contributed by atoms with Gasteiger partial charge < -0.3 is 9.84 Å². The minimum absolute atomic E-state index is 0.163. The van der Waals surface area contributed by atoms with Crippen LogP contribution in [0.4, 0.5) is 5.69 Å². The summed E-state index contributed by atoms with van der Waals surface area (Å²) in [6.45, 7) is 7.73. The Labute approximate surface area is 112 Å². The van der Waals surface area contributed by atoms with Crippen molar-refractivity contribution in [1.29, 1.82) is 0 Å². The number of carbonyl (C=O) groups excluding carboxylic acids is 1. The van der Waals surface area contributed by atoms with Gasteiger partial charge in [0, 0.05) is 12.1 Å². The largest absolute Gasteiger partial charge is 0.360 e. The normalized spacial score (nSPS) is 10.5. The van der Waals surface area contributed by atoms with E-state index in [1.54, 1.807) is 6.92 Å². The number of hydrogen-bond acceptors (Lipinski definition) is 3. The van der Waals surface area contributed by atoms with Crippen molar-refractivity contribution >= 4 is 11.6 Å². The molecule has 0 fully saturated rings. The van der Waals surface area contributed by atoms with Gasteiger partial charge in [-0.15, -0.1) is 0 Å². The molecule has 4 nitrogen and oxygen atoms in total. The second kappa shape index (κ2) is 5.26. The lowest BCUT2D eigenvalue weighted by Gasteiger charge is -2.10. The van der Waals surface area contributed by atoms with Crippen molar-refractivity contribution < 1.29 is 9.32 Å². The van der Waals surface area contributed by atoms with Gasteiger partial charge in [-0.1, -0.05) is 24.2 Å². The van der Waals surface area contributed by atoms with Gasteiger partial charge in [0.2, 0.25) is 0 Å². The minimum atomic E-state index is -0.163. The summed E-state index contributed by atoms with van der Waals surface area (Å²) in [5.41, 5.74) is 4.22. The molecular weight excluding hydrogens is 240 g/mol. The highest BCUT2D eigenvalue weighted by Gasteiger charge is 2.19. The molecule has 1 N–H and O–H groups in total. The van der Waals surface area contributed by atoms with Crippen LogP contribution >= 0.6 is 0 Å². The summed E-state index contributed by atoms with van der Waals surface area (Å²) in [6.07, 6.45) is 0.649. The fourth-order valence-electron chi connectivity index (χ4n) is 2.02. The van der Waals surface area contributed by atoms with Crippen LogP contribution in [0.1, 0.15) is 39.9 Å². The SMILES string of the molecule is CCc1onc(C)c1C(=O)Nc1cccc(C)c1C. The number of rotatable bonds is 3. The van der Waals surface area contributed by atoms with Gasteiger partial charge in [-0.2, -0.15) is 0 Å². The van der Waals surface area contributed by atoms with Gasteiger partial charge in [-0.25, -0.2) is 0 Å². The number of aryl methyl sites for hydroxylation is 3. The van der Waals surface area contributed by atoms with E-state index in [0.29, 0.717) is 23.4 Å². The quantitative estimate of drug-likeness (QED) is 0.917. The van der Waals surface area contributed by atoms with E-state index >= 15 is 0 Å². The van der Waals surface area contributed by atoms with Crippen LogP contribution in [-0.4, -0.2) is 11.1 Å². The number of nitrogens with one attached hydrogen (secondary N) is 1. The van der Waals surface area contributed by atoms with Crippen molar-refractivity contribution in [3.05, 3.63) is 46.3 Å². The number of benzene rings is 1. The molecule has 0 radical (unpaired) electrons. The lowest BCUT2D eigenvalue weighted by Crippen LogP contribution is -2.15. The van der Waals surface area contributed by atoms with Crippen LogP contribution in [0.3, 0.4) is 0 Å². The fourth-order valence-corrected chi connectivity index (χ4v) is 2.02. The molecule has 0 spiro atoms. The Bertz CT molecular complexity index is 615. The van der Waals surface area contributed by atoms with Gasteiger partial charge in [0.15, 0.2) is 0 Å². The van der Waals surface area contributed by atoms with E-state index in [1.807, 2.05) is 39.0 Å². The number of hydrogen-bond donors (Lipinski definition) is 1. The van der Waals surface area contributed by atoms with Gasteiger partial charge >= 0.3 is 0 Å². The Hall–Kier alpha value is -2.10. The molecule has 0 atom stereocenters. The zero-order chi connectivity index (χ0) is 14.0. The number of nitrogens with zero attached hydrogens (tertiary/aromatic N) is 1. The lowest BCUT2D eigenvalue weighted by atomic mass is 10.1. The minimum Gasteiger partial charge on any atom is -0.360 e.